The van der Waals surface area contributed by atoms with Gasteiger partial charge in [-0.25, -0.2) is 0 Å². The molecule has 0 fully saturated rings. The molecule has 0 aliphatic heterocycles. The van der Waals surface area contributed by atoms with E-state index in [2.05, 4.69) is 4.98 Å². The molecular weight excluding hydrogens is 345 g/mol. The quantitative estimate of drug-likeness (QED) is 0.640. The second-order valence-corrected chi connectivity index (χ2v) is 6.00. The first-order valence-electron chi connectivity index (χ1n) is 7.91. The molecule has 0 saturated heterocycles. The second kappa shape index (κ2) is 6.67. The zero-order valence-electron chi connectivity index (χ0n) is 13.6. The smallest absolute Gasteiger partial charge is 0.433 e. The summed E-state index contributed by atoms with van der Waals surface area (Å²) in [7, 11) is 0. The number of halogens is 3. The van der Waals surface area contributed by atoms with Gasteiger partial charge in [-0.2, -0.15) is 18.4 Å². The van der Waals surface area contributed by atoms with E-state index in [0.717, 1.165) is 24.5 Å². The Kier molecular flexibility index (Phi) is 4.55. The molecule has 1 heterocycles. The Labute approximate surface area is 147 Å². The largest absolute Gasteiger partial charge is 0.484 e. The van der Waals surface area contributed by atoms with Gasteiger partial charge in [0.05, 0.1) is 11.3 Å². The number of ether oxygens (including phenoxy) is 1. The molecule has 1 unspecified atom stereocenters. The van der Waals surface area contributed by atoms with Gasteiger partial charge in [0.1, 0.15) is 23.6 Å². The minimum absolute atomic E-state index is 0.138. The molecule has 0 spiro atoms. The number of fused-ring (bicyclic) bond motifs is 1. The van der Waals surface area contributed by atoms with E-state index in [1.807, 2.05) is 6.07 Å². The maximum atomic E-state index is 12.8. The predicted octanol–water partition coefficient (Wildman–Crippen LogP) is 3.92. The summed E-state index contributed by atoms with van der Waals surface area (Å²) < 4.78 is 44.3. The molecule has 134 valence electrons. The van der Waals surface area contributed by atoms with Gasteiger partial charge in [-0.15, -0.1) is 0 Å². The lowest BCUT2D eigenvalue weighted by molar-refractivity contribution is -0.0587. The van der Waals surface area contributed by atoms with Crippen LogP contribution in [-0.4, -0.2) is 16.9 Å². The van der Waals surface area contributed by atoms with Crippen molar-refractivity contribution >= 4 is 11.4 Å². The van der Waals surface area contributed by atoms with Crippen molar-refractivity contribution in [2.75, 3.05) is 5.73 Å². The van der Waals surface area contributed by atoms with E-state index in [9.17, 15) is 13.2 Å². The fourth-order valence-corrected chi connectivity index (χ4v) is 2.94. The highest BCUT2D eigenvalue weighted by atomic mass is 19.4. The second-order valence-electron chi connectivity index (χ2n) is 6.00. The number of benzene rings is 1. The number of rotatable bonds is 3. The zero-order valence-corrected chi connectivity index (χ0v) is 13.6. The van der Waals surface area contributed by atoms with E-state index < -0.39 is 23.6 Å². The van der Waals surface area contributed by atoms with E-state index in [4.69, 9.17) is 21.1 Å². The first-order chi connectivity index (χ1) is 12.3. The van der Waals surface area contributed by atoms with E-state index in [0.29, 0.717) is 17.7 Å². The van der Waals surface area contributed by atoms with Gasteiger partial charge < -0.3 is 10.5 Å². The summed E-state index contributed by atoms with van der Waals surface area (Å²) in [4.78, 5) is 4.29. The zero-order chi connectivity index (χ0) is 18.9. The maximum Gasteiger partial charge on any atom is 0.433 e. The summed E-state index contributed by atoms with van der Waals surface area (Å²) in [6, 6.07) is 7.68. The Morgan fingerprint density at radius 2 is 2.12 bits per heavy atom. The predicted molar refractivity (Wildman–Crippen MR) is 89.0 cm³/mol. The van der Waals surface area contributed by atoms with Crippen LogP contribution in [0, 0.1) is 16.7 Å². The minimum atomic E-state index is -4.79. The van der Waals surface area contributed by atoms with Crippen molar-refractivity contribution in [1.82, 2.24) is 4.98 Å². The third kappa shape index (κ3) is 3.47. The van der Waals surface area contributed by atoms with Crippen LogP contribution >= 0.6 is 0 Å². The van der Waals surface area contributed by atoms with Crippen molar-refractivity contribution in [3.63, 3.8) is 0 Å². The number of anilines is 1. The van der Waals surface area contributed by atoms with E-state index in [1.165, 1.54) is 18.3 Å². The molecule has 0 saturated carbocycles. The number of aromatic nitrogens is 1. The number of nitrogens with one attached hydrogen (secondary N) is 1. The average molecular weight is 360 g/mol. The van der Waals surface area contributed by atoms with Crippen LogP contribution < -0.4 is 10.5 Å². The number of nitrogen functional groups attached to an aromatic ring is 1. The molecule has 1 atom stereocenters. The lowest BCUT2D eigenvalue weighted by atomic mass is 9.92. The van der Waals surface area contributed by atoms with Crippen LogP contribution in [0.5, 0.6) is 5.75 Å². The van der Waals surface area contributed by atoms with E-state index >= 15 is 0 Å². The Hall–Kier alpha value is -3.08. The number of aryl methyl sites for hydroxylation is 1. The number of nitriles is 1. The summed E-state index contributed by atoms with van der Waals surface area (Å²) in [5, 5.41) is 16.3. The number of nitrogens with two attached hydrogens (primary N) is 1. The van der Waals surface area contributed by atoms with Crippen LogP contribution in [0.4, 0.5) is 18.9 Å². The van der Waals surface area contributed by atoms with Crippen LogP contribution in [0.3, 0.4) is 0 Å². The van der Waals surface area contributed by atoms with Gasteiger partial charge in [0.25, 0.3) is 0 Å². The van der Waals surface area contributed by atoms with Crippen molar-refractivity contribution in [2.24, 2.45) is 0 Å². The van der Waals surface area contributed by atoms with Gasteiger partial charge in [-0.3, -0.25) is 10.4 Å². The fraction of sp³-hybridized carbons (Fsp3) is 0.278. The van der Waals surface area contributed by atoms with Crippen LogP contribution in [0.2, 0.25) is 0 Å². The van der Waals surface area contributed by atoms with Gasteiger partial charge in [-0.05, 0) is 49.1 Å². The molecule has 1 aliphatic carbocycles. The van der Waals surface area contributed by atoms with Crippen LogP contribution in [0.1, 0.15) is 41.3 Å². The topological polar surface area (TPSA) is 95.8 Å². The van der Waals surface area contributed by atoms with Crippen molar-refractivity contribution in [3.8, 4) is 11.8 Å². The monoisotopic (exact) mass is 360 g/mol. The normalized spacial score (nSPS) is 16.5. The molecular formula is C18H15F3N4O. The Morgan fingerprint density at radius 1 is 1.35 bits per heavy atom. The Bertz CT molecular complexity index is 902. The molecule has 1 aromatic carbocycles. The molecule has 5 nitrogen and oxygen atoms in total. The summed E-state index contributed by atoms with van der Waals surface area (Å²) in [5.41, 5.74) is 5.56. The highest BCUT2D eigenvalue weighted by molar-refractivity contribution is 6.06. The van der Waals surface area contributed by atoms with Gasteiger partial charge in [-0.1, -0.05) is 0 Å². The maximum absolute atomic E-state index is 12.8. The molecule has 8 heteroatoms. The highest BCUT2D eigenvalue weighted by Crippen LogP contribution is 2.34. The van der Waals surface area contributed by atoms with Gasteiger partial charge >= 0.3 is 6.18 Å². The summed E-state index contributed by atoms with van der Waals surface area (Å²) >= 11 is 0. The molecule has 0 amide bonds. The summed E-state index contributed by atoms with van der Waals surface area (Å²) in [6.07, 6.45) is -1.53. The van der Waals surface area contributed by atoms with E-state index in [-0.39, 0.29) is 11.4 Å². The minimum Gasteiger partial charge on any atom is -0.484 e. The SMILES string of the molecule is N#Cc1cnc2c(c1)CCCC2Oc1ccc(N)c(C(=N)C(F)(F)F)c1. The van der Waals surface area contributed by atoms with Crippen molar-refractivity contribution < 1.29 is 17.9 Å². The molecule has 3 rings (SSSR count). The van der Waals surface area contributed by atoms with Gasteiger partial charge in [0, 0.05) is 17.4 Å². The first kappa shape index (κ1) is 17.7. The summed E-state index contributed by atoms with van der Waals surface area (Å²) in [5.74, 6) is 0.187. The number of alkyl halides is 3. The molecule has 0 radical (unpaired) electrons. The van der Waals surface area contributed by atoms with Crippen LogP contribution in [0.25, 0.3) is 0 Å². The Balaban J connectivity index is 1.89. The van der Waals surface area contributed by atoms with Crippen LogP contribution in [-0.2, 0) is 6.42 Å². The molecule has 26 heavy (non-hydrogen) atoms. The third-order valence-electron chi connectivity index (χ3n) is 4.20. The molecule has 1 aliphatic rings. The van der Waals surface area contributed by atoms with Crippen molar-refractivity contribution in [3.05, 3.63) is 52.8 Å². The van der Waals surface area contributed by atoms with Gasteiger partial charge in [0.15, 0.2) is 0 Å². The van der Waals surface area contributed by atoms with Crippen LogP contribution in [0.15, 0.2) is 30.5 Å². The van der Waals surface area contributed by atoms with Gasteiger partial charge in [0.2, 0.25) is 0 Å². The average Bonchev–Trinajstić information content (AvgIpc) is 2.61. The lowest BCUT2D eigenvalue weighted by Crippen LogP contribution is -2.24. The van der Waals surface area contributed by atoms with E-state index in [1.54, 1.807) is 6.07 Å². The van der Waals surface area contributed by atoms with Crippen molar-refractivity contribution in [1.29, 1.82) is 10.7 Å². The number of hydrogen-bond acceptors (Lipinski definition) is 5. The number of nitrogens with zero attached hydrogens (tertiary/aromatic N) is 2. The lowest BCUT2D eigenvalue weighted by Gasteiger charge is -2.25. The fourth-order valence-electron chi connectivity index (χ4n) is 2.94. The number of pyridine rings is 1. The molecule has 0 bridgehead atoms. The van der Waals surface area contributed by atoms with Crippen molar-refractivity contribution in [2.45, 2.75) is 31.5 Å². The molecule has 2 aromatic rings. The highest BCUT2D eigenvalue weighted by Gasteiger charge is 2.36. The summed E-state index contributed by atoms with van der Waals surface area (Å²) in [6.45, 7) is 0. The third-order valence-corrected chi connectivity index (χ3v) is 4.20. The molecule has 1 aromatic heterocycles. The molecule has 3 N–H and O–H groups in total. The Morgan fingerprint density at radius 3 is 2.81 bits per heavy atom. The number of hydrogen-bond donors (Lipinski definition) is 2. The standard InChI is InChI=1S/C18H15F3N4O/c19-18(20,21)17(24)13-7-12(4-5-14(13)23)26-15-3-1-2-11-6-10(8-22)9-25-16(11)15/h4-7,9,15,24H,1-3,23H2. The first-order valence-corrected chi connectivity index (χ1v) is 7.91.